The maximum Gasteiger partial charge on any atom is 0.275 e. The lowest BCUT2D eigenvalue weighted by atomic mass is 10.1. The minimum absolute atomic E-state index is 0.0336. The molecule has 0 atom stereocenters. The van der Waals surface area contributed by atoms with Gasteiger partial charge < -0.3 is 0 Å². The van der Waals surface area contributed by atoms with Gasteiger partial charge in [0.05, 0.1) is 4.53 Å². The van der Waals surface area contributed by atoms with E-state index in [1.165, 1.54) is 16.9 Å². The number of benzene rings is 1. The number of rotatable bonds is 3. The number of hydrogen-bond donors (Lipinski definition) is 0. The van der Waals surface area contributed by atoms with Gasteiger partial charge in [0.15, 0.2) is 0 Å². The van der Waals surface area contributed by atoms with E-state index in [9.17, 15) is 4.79 Å². The van der Waals surface area contributed by atoms with Crippen molar-refractivity contribution in [1.82, 2.24) is 14.6 Å². The predicted octanol–water partition coefficient (Wildman–Crippen LogP) is 2.66. The van der Waals surface area contributed by atoms with Gasteiger partial charge >= 0.3 is 0 Å². The van der Waals surface area contributed by atoms with Crippen molar-refractivity contribution in [2.24, 2.45) is 0 Å². The van der Waals surface area contributed by atoms with Crippen LogP contribution in [0.4, 0.5) is 0 Å². The fraction of sp³-hybridized carbons (Fsp3) is 0.118. The first-order valence-corrected chi connectivity index (χ1v) is 8.88. The largest absolute Gasteiger partial charge is 0.275 e. The molecule has 0 unspecified atom stereocenters. The van der Waals surface area contributed by atoms with Crippen LogP contribution >= 0.6 is 22.7 Å². The summed E-state index contributed by atoms with van der Waals surface area (Å²) in [4.78, 5) is 14.5. The van der Waals surface area contributed by atoms with E-state index < -0.39 is 0 Å². The summed E-state index contributed by atoms with van der Waals surface area (Å²) in [5, 5.41) is 10.4. The molecule has 3 aromatic heterocycles. The molecule has 0 saturated heterocycles. The number of thiazole rings is 1. The van der Waals surface area contributed by atoms with Crippen molar-refractivity contribution in [2.45, 2.75) is 13.3 Å². The lowest BCUT2D eigenvalue weighted by molar-refractivity contribution is 0.918. The van der Waals surface area contributed by atoms with Crippen molar-refractivity contribution in [3.8, 4) is 0 Å². The molecule has 0 saturated carbocycles. The summed E-state index contributed by atoms with van der Waals surface area (Å²) >= 11 is 3.03. The Kier molecular flexibility index (Phi) is 3.55. The standard InChI is InChI=1S/C17H13N3OS2/c1-11-7-8-22-13(11)10-14-16(21)20-15(18-19-17(20)23-14)9-12-5-3-2-4-6-12/h2-8,10H,9H2,1H3/b14-10-. The second-order valence-electron chi connectivity index (χ2n) is 5.28. The molecule has 1 aromatic carbocycles. The van der Waals surface area contributed by atoms with Gasteiger partial charge in [-0.1, -0.05) is 41.7 Å². The molecule has 0 aliphatic heterocycles. The van der Waals surface area contributed by atoms with E-state index in [0.717, 1.165) is 10.4 Å². The van der Waals surface area contributed by atoms with E-state index in [4.69, 9.17) is 0 Å². The monoisotopic (exact) mass is 339 g/mol. The van der Waals surface area contributed by atoms with E-state index in [1.54, 1.807) is 15.7 Å². The molecule has 4 nitrogen and oxygen atoms in total. The molecule has 0 bridgehead atoms. The molecule has 0 amide bonds. The van der Waals surface area contributed by atoms with Crippen molar-refractivity contribution < 1.29 is 0 Å². The van der Waals surface area contributed by atoms with Gasteiger partial charge in [-0.25, -0.2) is 4.40 Å². The van der Waals surface area contributed by atoms with Crippen LogP contribution in [-0.2, 0) is 6.42 Å². The van der Waals surface area contributed by atoms with Crippen LogP contribution < -0.4 is 10.1 Å². The maximum absolute atomic E-state index is 12.7. The summed E-state index contributed by atoms with van der Waals surface area (Å²) in [6.45, 7) is 2.05. The highest BCUT2D eigenvalue weighted by atomic mass is 32.1. The maximum atomic E-state index is 12.7. The van der Waals surface area contributed by atoms with E-state index in [2.05, 4.69) is 16.3 Å². The Bertz CT molecular complexity index is 1080. The summed E-state index contributed by atoms with van der Waals surface area (Å²) in [7, 11) is 0. The van der Waals surface area contributed by atoms with E-state index in [-0.39, 0.29) is 5.56 Å². The van der Waals surface area contributed by atoms with E-state index in [1.807, 2.05) is 48.7 Å². The summed E-state index contributed by atoms with van der Waals surface area (Å²) in [6, 6.07) is 12.1. The zero-order chi connectivity index (χ0) is 15.8. The van der Waals surface area contributed by atoms with Crippen LogP contribution in [0.15, 0.2) is 46.6 Å². The fourth-order valence-electron chi connectivity index (χ4n) is 2.46. The third kappa shape index (κ3) is 2.60. The summed E-state index contributed by atoms with van der Waals surface area (Å²) in [5.74, 6) is 0.690. The Morgan fingerprint density at radius 2 is 2.00 bits per heavy atom. The quantitative estimate of drug-likeness (QED) is 0.576. The average Bonchev–Trinajstić information content (AvgIpc) is 3.22. The molecule has 3 heterocycles. The van der Waals surface area contributed by atoms with Crippen molar-refractivity contribution in [2.75, 3.05) is 0 Å². The Hall–Kier alpha value is -2.31. The number of aromatic nitrogens is 3. The van der Waals surface area contributed by atoms with Crippen LogP contribution in [0.2, 0.25) is 0 Å². The molecule has 0 N–H and O–H groups in total. The first kappa shape index (κ1) is 14.3. The number of fused-ring (bicyclic) bond motifs is 1. The number of nitrogens with zero attached hydrogens (tertiary/aromatic N) is 3. The molecule has 23 heavy (non-hydrogen) atoms. The molecule has 0 radical (unpaired) electrons. The molecule has 0 aliphatic carbocycles. The lowest BCUT2D eigenvalue weighted by Gasteiger charge is -1.97. The number of thiophene rings is 1. The highest BCUT2D eigenvalue weighted by Crippen LogP contribution is 2.16. The first-order valence-electron chi connectivity index (χ1n) is 7.19. The van der Waals surface area contributed by atoms with Gasteiger partial charge in [0.1, 0.15) is 5.82 Å². The zero-order valence-electron chi connectivity index (χ0n) is 12.4. The van der Waals surface area contributed by atoms with Gasteiger partial charge in [-0.05, 0) is 35.6 Å². The van der Waals surface area contributed by atoms with Crippen LogP contribution in [0.1, 0.15) is 21.8 Å². The Morgan fingerprint density at radius 3 is 2.74 bits per heavy atom. The molecule has 0 fully saturated rings. The van der Waals surface area contributed by atoms with Gasteiger partial charge in [0.2, 0.25) is 4.96 Å². The topological polar surface area (TPSA) is 47.3 Å². The van der Waals surface area contributed by atoms with Crippen LogP contribution in [0.25, 0.3) is 11.0 Å². The minimum Gasteiger partial charge on any atom is -0.267 e. The number of aryl methyl sites for hydroxylation is 1. The molecule has 4 rings (SSSR count). The predicted molar refractivity (Wildman–Crippen MR) is 94.2 cm³/mol. The number of hydrogen-bond acceptors (Lipinski definition) is 5. The van der Waals surface area contributed by atoms with Gasteiger partial charge in [-0.3, -0.25) is 4.79 Å². The zero-order valence-corrected chi connectivity index (χ0v) is 14.0. The third-order valence-corrected chi connectivity index (χ3v) is 5.61. The third-order valence-electron chi connectivity index (χ3n) is 3.68. The van der Waals surface area contributed by atoms with Gasteiger partial charge in [0.25, 0.3) is 5.56 Å². The van der Waals surface area contributed by atoms with Crippen molar-refractivity contribution in [3.63, 3.8) is 0 Å². The van der Waals surface area contributed by atoms with E-state index >= 15 is 0 Å². The average molecular weight is 339 g/mol. The van der Waals surface area contributed by atoms with Gasteiger partial charge in [-0.15, -0.1) is 21.5 Å². The molecule has 114 valence electrons. The van der Waals surface area contributed by atoms with Crippen molar-refractivity contribution in [3.05, 3.63) is 78.5 Å². The molecular weight excluding hydrogens is 326 g/mol. The highest BCUT2D eigenvalue weighted by molar-refractivity contribution is 7.15. The smallest absolute Gasteiger partial charge is 0.267 e. The first-order chi connectivity index (χ1) is 11.2. The minimum atomic E-state index is -0.0336. The van der Waals surface area contributed by atoms with Gasteiger partial charge in [-0.2, -0.15) is 0 Å². The molecule has 6 heteroatoms. The van der Waals surface area contributed by atoms with Crippen molar-refractivity contribution >= 4 is 33.7 Å². The fourth-order valence-corrected chi connectivity index (χ4v) is 4.30. The van der Waals surface area contributed by atoms with Crippen molar-refractivity contribution in [1.29, 1.82) is 0 Å². The van der Waals surface area contributed by atoms with Gasteiger partial charge in [0, 0.05) is 11.3 Å². The SMILES string of the molecule is Cc1ccsc1/C=c1\sc2nnc(Cc3ccccc3)n2c1=O. The second-order valence-corrected chi connectivity index (χ2v) is 7.24. The lowest BCUT2D eigenvalue weighted by Crippen LogP contribution is -2.24. The molecule has 0 aliphatic rings. The normalized spacial score (nSPS) is 12.3. The molecular formula is C17H13N3OS2. The highest BCUT2D eigenvalue weighted by Gasteiger charge is 2.13. The van der Waals surface area contributed by atoms with Crippen LogP contribution in [0.3, 0.4) is 0 Å². The molecule has 0 spiro atoms. The molecule has 4 aromatic rings. The Balaban J connectivity index is 1.82. The van der Waals surface area contributed by atoms with Crippen LogP contribution in [0, 0.1) is 6.92 Å². The van der Waals surface area contributed by atoms with Crippen LogP contribution in [-0.4, -0.2) is 14.6 Å². The second kappa shape index (κ2) is 5.72. The summed E-state index contributed by atoms with van der Waals surface area (Å²) < 4.78 is 2.33. The van der Waals surface area contributed by atoms with Crippen LogP contribution in [0.5, 0.6) is 0 Å². The Labute approximate surface area is 140 Å². The summed E-state index contributed by atoms with van der Waals surface area (Å²) in [5.41, 5.74) is 2.27. The Morgan fingerprint density at radius 1 is 1.17 bits per heavy atom. The summed E-state index contributed by atoms with van der Waals surface area (Å²) in [6.07, 6.45) is 2.55. The van der Waals surface area contributed by atoms with E-state index in [0.29, 0.717) is 21.7 Å².